The van der Waals surface area contributed by atoms with Crippen molar-refractivity contribution in [3.05, 3.63) is 18.0 Å². The van der Waals surface area contributed by atoms with Gasteiger partial charge in [-0.2, -0.15) is 5.10 Å². The van der Waals surface area contributed by atoms with Crippen molar-refractivity contribution in [1.82, 2.24) is 20.4 Å². The minimum Gasteiger partial charge on any atom is -0.479 e. The molecule has 0 aliphatic carbocycles. The number of hydrogen-bond donors (Lipinski definition) is 3. The van der Waals surface area contributed by atoms with E-state index in [-0.39, 0.29) is 0 Å². The summed E-state index contributed by atoms with van der Waals surface area (Å²) in [6.45, 7) is 3.46. The van der Waals surface area contributed by atoms with Gasteiger partial charge in [-0.05, 0) is 6.42 Å². The van der Waals surface area contributed by atoms with Crippen LogP contribution in [0.15, 0.2) is 12.4 Å². The second-order valence-corrected chi connectivity index (χ2v) is 4.58. The Morgan fingerprint density at radius 2 is 2.24 bits per heavy atom. The van der Waals surface area contributed by atoms with Gasteiger partial charge in [0.25, 0.3) is 0 Å². The summed E-state index contributed by atoms with van der Waals surface area (Å²) in [6.07, 6.45) is 4.99. The summed E-state index contributed by atoms with van der Waals surface area (Å²) in [5, 5.41) is 18.0. The molecular formula is C13H22N4O4. The van der Waals surface area contributed by atoms with E-state index in [0.717, 1.165) is 12.8 Å². The number of ether oxygens (including phenoxy) is 1. The Bertz CT molecular complexity index is 461. The summed E-state index contributed by atoms with van der Waals surface area (Å²) < 4.78 is 6.77. The number of amides is 2. The second-order valence-electron chi connectivity index (χ2n) is 4.58. The highest BCUT2D eigenvalue weighted by Gasteiger charge is 2.23. The van der Waals surface area contributed by atoms with Gasteiger partial charge in [0, 0.05) is 32.0 Å². The average molecular weight is 298 g/mol. The van der Waals surface area contributed by atoms with Crippen LogP contribution in [0.1, 0.15) is 31.4 Å². The zero-order valence-electron chi connectivity index (χ0n) is 12.3. The molecule has 2 amide bonds. The number of nitrogens with one attached hydrogen (secondary N) is 2. The number of aromatic nitrogens is 2. The standard InChI is InChI=1S/C13H22N4O4/c1-3-4-6-21-7-5-14-13(20)16-11(12(18)19)10-8-15-17(2)9-10/h8-9,11H,3-7H2,1-2H3,(H,18,19)(H2,14,16,20). The van der Waals surface area contributed by atoms with Gasteiger partial charge in [-0.1, -0.05) is 13.3 Å². The van der Waals surface area contributed by atoms with Gasteiger partial charge in [-0.3, -0.25) is 4.68 Å². The number of rotatable bonds is 9. The molecule has 0 aliphatic rings. The normalized spacial score (nSPS) is 11.9. The van der Waals surface area contributed by atoms with Crippen molar-refractivity contribution in [2.75, 3.05) is 19.8 Å². The average Bonchev–Trinajstić information content (AvgIpc) is 2.86. The van der Waals surface area contributed by atoms with Crippen LogP contribution in [0.25, 0.3) is 0 Å². The van der Waals surface area contributed by atoms with Crippen LogP contribution >= 0.6 is 0 Å². The smallest absolute Gasteiger partial charge is 0.331 e. The molecule has 8 nitrogen and oxygen atoms in total. The number of carbonyl (C=O) groups is 2. The first-order chi connectivity index (χ1) is 10.0. The monoisotopic (exact) mass is 298 g/mol. The summed E-state index contributed by atoms with van der Waals surface area (Å²) >= 11 is 0. The van der Waals surface area contributed by atoms with Crippen molar-refractivity contribution in [1.29, 1.82) is 0 Å². The Balaban J connectivity index is 2.35. The van der Waals surface area contributed by atoms with Crippen molar-refractivity contribution >= 4 is 12.0 Å². The summed E-state index contributed by atoms with van der Waals surface area (Å²) in [5.41, 5.74) is 0.416. The lowest BCUT2D eigenvalue weighted by Crippen LogP contribution is -2.41. The van der Waals surface area contributed by atoms with Crippen LogP contribution in [-0.2, 0) is 16.6 Å². The van der Waals surface area contributed by atoms with Crippen molar-refractivity contribution in [2.45, 2.75) is 25.8 Å². The lowest BCUT2D eigenvalue weighted by Gasteiger charge is -2.13. The zero-order valence-corrected chi connectivity index (χ0v) is 12.3. The number of nitrogens with zero attached hydrogens (tertiary/aromatic N) is 2. The maximum absolute atomic E-state index is 11.7. The van der Waals surface area contributed by atoms with E-state index in [4.69, 9.17) is 9.84 Å². The van der Waals surface area contributed by atoms with E-state index in [1.54, 1.807) is 13.2 Å². The molecule has 0 aromatic carbocycles. The number of carboxylic acid groups (broad SMARTS) is 1. The molecule has 1 unspecified atom stereocenters. The predicted molar refractivity (Wildman–Crippen MR) is 75.8 cm³/mol. The molecule has 1 atom stereocenters. The second kappa shape index (κ2) is 8.96. The molecule has 0 fully saturated rings. The molecule has 118 valence electrons. The third kappa shape index (κ3) is 6.26. The van der Waals surface area contributed by atoms with Crippen LogP contribution in [0, 0.1) is 0 Å². The van der Waals surface area contributed by atoms with Crippen LogP contribution in [0.2, 0.25) is 0 Å². The Hall–Kier alpha value is -2.09. The third-order valence-corrected chi connectivity index (χ3v) is 2.75. The molecule has 0 bridgehead atoms. The lowest BCUT2D eigenvalue weighted by molar-refractivity contribution is -0.139. The first-order valence-electron chi connectivity index (χ1n) is 6.88. The Kier molecular flexibility index (Phi) is 7.24. The summed E-state index contributed by atoms with van der Waals surface area (Å²) in [6, 6.07) is -1.68. The van der Waals surface area contributed by atoms with E-state index in [1.165, 1.54) is 10.9 Å². The third-order valence-electron chi connectivity index (χ3n) is 2.75. The van der Waals surface area contributed by atoms with Crippen molar-refractivity contribution in [3.63, 3.8) is 0 Å². The molecule has 1 heterocycles. The molecule has 0 spiro atoms. The number of hydrogen-bond acceptors (Lipinski definition) is 4. The van der Waals surface area contributed by atoms with Gasteiger partial charge < -0.3 is 20.5 Å². The fourth-order valence-electron chi connectivity index (χ4n) is 1.64. The largest absolute Gasteiger partial charge is 0.479 e. The maximum atomic E-state index is 11.7. The van der Waals surface area contributed by atoms with Crippen LogP contribution in [0.5, 0.6) is 0 Å². The molecule has 8 heteroatoms. The summed E-state index contributed by atoms with van der Waals surface area (Å²) in [5.74, 6) is -1.14. The number of aliphatic carboxylic acids is 1. The Labute approximate surface area is 123 Å². The predicted octanol–water partition coefficient (Wildman–Crippen LogP) is 0.662. The molecule has 21 heavy (non-hydrogen) atoms. The molecule has 3 N–H and O–H groups in total. The SMILES string of the molecule is CCCCOCCNC(=O)NC(C(=O)O)c1cnn(C)c1. The Morgan fingerprint density at radius 1 is 1.48 bits per heavy atom. The highest BCUT2D eigenvalue weighted by atomic mass is 16.5. The fourth-order valence-corrected chi connectivity index (χ4v) is 1.64. The van der Waals surface area contributed by atoms with E-state index in [0.29, 0.717) is 25.3 Å². The van der Waals surface area contributed by atoms with Crippen molar-refractivity contribution < 1.29 is 19.4 Å². The summed E-state index contributed by atoms with van der Waals surface area (Å²) in [4.78, 5) is 22.8. The summed E-state index contributed by atoms with van der Waals surface area (Å²) in [7, 11) is 1.68. The van der Waals surface area contributed by atoms with Crippen LogP contribution in [0.4, 0.5) is 4.79 Å². The van der Waals surface area contributed by atoms with Crippen LogP contribution in [-0.4, -0.2) is 46.6 Å². The van der Waals surface area contributed by atoms with Gasteiger partial charge in [0.15, 0.2) is 6.04 Å². The quantitative estimate of drug-likeness (QED) is 0.581. The van der Waals surface area contributed by atoms with Crippen molar-refractivity contribution in [3.8, 4) is 0 Å². The van der Waals surface area contributed by atoms with Crippen LogP contribution in [0.3, 0.4) is 0 Å². The first-order valence-corrected chi connectivity index (χ1v) is 6.88. The molecule has 1 rings (SSSR count). The maximum Gasteiger partial charge on any atom is 0.331 e. The van der Waals surface area contributed by atoms with Crippen LogP contribution < -0.4 is 10.6 Å². The molecule has 1 aromatic heterocycles. The minimum absolute atomic E-state index is 0.328. The van der Waals surface area contributed by atoms with Gasteiger partial charge >= 0.3 is 12.0 Å². The molecule has 0 radical (unpaired) electrons. The molecule has 0 saturated carbocycles. The number of carboxylic acids is 1. The highest BCUT2D eigenvalue weighted by Crippen LogP contribution is 2.11. The minimum atomic E-state index is -1.14. The zero-order chi connectivity index (χ0) is 15.7. The number of carbonyl (C=O) groups excluding carboxylic acids is 1. The first kappa shape index (κ1) is 17.0. The number of aryl methyl sites for hydroxylation is 1. The van der Waals surface area contributed by atoms with Gasteiger partial charge in [0.05, 0.1) is 12.8 Å². The highest BCUT2D eigenvalue weighted by molar-refractivity contribution is 5.83. The van der Waals surface area contributed by atoms with Gasteiger partial charge in [0.1, 0.15) is 0 Å². The van der Waals surface area contributed by atoms with E-state index in [9.17, 15) is 9.59 Å². The number of unbranched alkanes of at least 4 members (excludes halogenated alkanes) is 1. The van der Waals surface area contributed by atoms with Gasteiger partial charge in [-0.15, -0.1) is 0 Å². The van der Waals surface area contributed by atoms with E-state index < -0.39 is 18.0 Å². The molecular weight excluding hydrogens is 276 g/mol. The molecule has 0 aliphatic heterocycles. The van der Waals surface area contributed by atoms with E-state index >= 15 is 0 Å². The number of urea groups is 1. The topological polar surface area (TPSA) is 105 Å². The molecule has 1 aromatic rings. The fraction of sp³-hybridized carbons (Fsp3) is 0.615. The van der Waals surface area contributed by atoms with Gasteiger partial charge in [0.2, 0.25) is 0 Å². The molecule has 0 saturated heterocycles. The van der Waals surface area contributed by atoms with E-state index in [2.05, 4.69) is 22.7 Å². The van der Waals surface area contributed by atoms with E-state index in [1.807, 2.05) is 0 Å². The van der Waals surface area contributed by atoms with Gasteiger partial charge in [-0.25, -0.2) is 9.59 Å². The Morgan fingerprint density at radius 3 is 2.81 bits per heavy atom. The lowest BCUT2D eigenvalue weighted by atomic mass is 10.1. The van der Waals surface area contributed by atoms with Crippen molar-refractivity contribution in [2.24, 2.45) is 7.05 Å².